The van der Waals surface area contributed by atoms with Gasteiger partial charge in [-0.15, -0.1) is 0 Å². The van der Waals surface area contributed by atoms with Crippen molar-refractivity contribution in [1.29, 1.82) is 0 Å². The van der Waals surface area contributed by atoms with Crippen LogP contribution in [0.15, 0.2) is 28.8 Å². The lowest BCUT2D eigenvalue weighted by molar-refractivity contribution is -0.123. The zero-order valence-corrected chi connectivity index (χ0v) is 15.6. The van der Waals surface area contributed by atoms with E-state index in [1.807, 2.05) is 25.1 Å². The average molecular weight is 390 g/mol. The van der Waals surface area contributed by atoms with E-state index in [4.69, 9.17) is 20.9 Å². The zero-order chi connectivity index (χ0) is 19.0. The number of rotatable bonds is 7. The minimum Gasteiger partial charge on any atom is -0.484 e. The second-order valence-corrected chi connectivity index (χ2v) is 7.47. The zero-order valence-electron chi connectivity index (χ0n) is 14.8. The van der Waals surface area contributed by atoms with E-state index in [-0.39, 0.29) is 18.9 Å². The van der Waals surface area contributed by atoms with E-state index in [9.17, 15) is 9.90 Å². The minimum atomic E-state index is -0.785. The van der Waals surface area contributed by atoms with Crippen LogP contribution < -0.4 is 10.1 Å². The molecule has 0 aliphatic heterocycles. The summed E-state index contributed by atoms with van der Waals surface area (Å²) in [4.78, 5) is 15.1. The van der Waals surface area contributed by atoms with Gasteiger partial charge in [0.25, 0.3) is 0 Å². The molecule has 1 aliphatic carbocycles. The number of halogens is 1. The van der Waals surface area contributed by atoms with Crippen molar-refractivity contribution < 1.29 is 19.2 Å². The highest BCUT2D eigenvalue weighted by atomic mass is 35.5. The first-order valence-corrected chi connectivity index (χ1v) is 9.13. The molecule has 0 atom stereocenters. The van der Waals surface area contributed by atoms with Gasteiger partial charge in [0, 0.05) is 28.7 Å². The summed E-state index contributed by atoms with van der Waals surface area (Å²) in [6.45, 7) is 2.43. The molecule has 2 aromatic heterocycles. The molecule has 0 unspecified atom stereocenters. The van der Waals surface area contributed by atoms with Gasteiger partial charge in [-0.1, -0.05) is 16.8 Å². The molecule has 1 aliphatic rings. The lowest BCUT2D eigenvalue weighted by Gasteiger charge is -2.07. The number of amides is 1. The van der Waals surface area contributed by atoms with E-state index in [0.717, 1.165) is 22.3 Å². The fourth-order valence-corrected chi connectivity index (χ4v) is 3.14. The maximum absolute atomic E-state index is 11.9. The van der Waals surface area contributed by atoms with E-state index >= 15 is 0 Å². The monoisotopic (exact) mass is 389 g/mol. The van der Waals surface area contributed by atoms with Gasteiger partial charge in [-0.05, 0) is 31.9 Å². The normalized spacial score (nSPS) is 15.1. The Labute approximate surface area is 160 Å². The maximum Gasteiger partial charge on any atom is 0.223 e. The summed E-state index contributed by atoms with van der Waals surface area (Å²) < 4.78 is 10.9. The number of ether oxygens (including phenoxy) is 1. The maximum atomic E-state index is 11.9. The van der Waals surface area contributed by atoms with E-state index in [2.05, 4.69) is 15.5 Å². The Hall–Kier alpha value is -2.51. The number of fused-ring (bicyclic) bond motifs is 1. The molecular formula is C19H20ClN3O4. The van der Waals surface area contributed by atoms with Crippen molar-refractivity contribution in [3.63, 3.8) is 0 Å². The van der Waals surface area contributed by atoms with Gasteiger partial charge in [-0.3, -0.25) is 4.79 Å². The van der Waals surface area contributed by atoms with Crippen molar-refractivity contribution >= 4 is 28.4 Å². The Morgan fingerprint density at radius 1 is 1.41 bits per heavy atom. The van der Waals surface area contributed by atoms with Crippen molar-refractivity contribution in [2.45, 2.75) is 44.9 Å². The first-order chi connectivity index (χ1) is 12.9. The van der Waals surface area contributed by atoms with Crippen LogP contribution in [0.2, 0.25) is 5.02 Å². The third kappa shape index (κ3) is 4.26. The molecule has 27 heavy (non-hydrogen) atoms. The molecule has 8 heteroatoms. The SMILES string of the molecule is Cc1cc(COc2cc3[nH]c(CNC(=O)CC4(O)CC4)cc3cc2Cl)on1. The standard InChI is InChI=1S/C19H20ClN3O4/c1-11-4-14(27-23-11)10-26-17-7-16-12(6-15(17)20)5-13(22-16)9-21-18(24)8-19(25)2-3-19/h4-7,22,25H,2-3,8-10H2,1H3,(H,21,24). The number of H-pyrrole nitrogens is 1. The minimum absolute atomic E-state index is 0.151. The molecule has 4 rings (SSSR count). The Balaban J connectivity index is 1.41. The van der Waals surface area contributed by atoms with Gasteiger partial charge in [-0.25, -0.2) is 0 Å². The molecule has 0 bridgehead atoms. The smallest absolute Gasteiger partial charge is 0.223 e. The molecule has 3 aromatic rings. The summed E-state index contributed by atoms with van der Waals surface area (Å²) in [6, 6.07) is 7.36. The van der Waals surface area contributed by atoms with Crippen molar-refractivity contribution in [3.8, 4) is 5.75 Å². The molecule has 1 aromatic carbocycles. The third-order valence-corrected chi connectivity index (χ3v) is 4.86. The second kappa shape index (κ2) is 6.90. The summed E-state index contributed by atoms with van der Waals surface area (Å²) >= 11 is 6.31. The highest BCUT2D eigenvalue weighted by Crippen LogP contribution is 2.38. The molecule has 1 saturated carbocycles. The highest BCUT2D eigenvalue weighted by Gasteiger charge is 2.42. The summed E-state index contributed by atoms with van der Waals surface area (Å²) in [5.41, 5.74) is 1.71. The fraction of sp³-hybridized carbons (Fsp3) is 0.368. The van der Waals surface area contributed by atoms with Gasteiger partial charge in [0.15, 0.2) is 5.76 Å². The molecule has 1 amide bonds. The number of hydrogen-bond acceptors (Lipinski definition) is 5. The number of nitrogens with zero attached hydrogens (tertiary/aromatic N) is 1. The molecule has 0 radical (unpaired) electrons. The van der Waals surface area contributed by atoms with Crippen molar-refractivity contribution in [2.24, 2.45) is 0 Å². The molecule has 3 N–H and O–H groups in total. The van der Waals surface area contributed by atoms with Crippen LogP contribution in [-0.4, -0.2) is 26.8 Å². The quantitative estimate of drug-likeness (QED) is 0.576. The van der Waals surface area contributed by atoms with Gasteiger partial charge in [-0.2, -0.15) is 0 Å². The number of carbonyl (C=O) groups is 1. The van der Waals surface area contributed by atoms with Crippen LogP contribution in [0.5, 0.6) is 5.75 Å². The predicted octanol–water partition coefficient (Wildman–Crippen LogP) is 3.23. The first kappa shape index (κ1) is 17.9. The summed E-state index contributed by atoms with van der Waals surface area (Å²) in [5.74, 6) is 1.00. The van der Waals surface area contributed by atoms with Gasteiger partial charge < -0.3 is 24.7 Å². The van der Waals surface area contributed by atoms with Crippen LogP contribution in [0, 0.1) is 6.92 Å². The van der Waals surface area contributed by atoms with Crippen LogP contribution in [0.1, 0.15) is 36.4 Å². The number of aliphatic hydroxyl groups is 1. The van der Waals surface area contributed by atoms with Gasteiger partial charge in [0.05, 0.1) is 29.3 Å². The summed E-state index contributed by atoms with van der Waals surface area (Å²) in [5, 5.41) is 17.9. The van der Waals surface area contributed by atoms with Crippen LogP contribution in [-0.2, 0) is 17.9 Å². The number of hydrogen-bond donors (Lipinski definition) is 3. The van der Waals surface area contributed by atoms with E-state index < -0.39 is 5.60 Å². The first-order valence-electron chi connectivity index (χ1n) is 8.75. The number of aryl methyl sites for hydroxylation is 1. The average Bonchev–Trinajstić information content (AvgIpc) is 3.02. The fourth-order valence-electron chi connectivity index (χ4n) is 2.91. The van der Waals surface area contributed by atoms with E-state index in [0.29, 0.717) is 35.9 Å². The molecule has 2 heterocycles. The summed E-state index contributed by atoms with van der Waals surface area (Å²) in [6.07, 6.45) is 1.54. The van der Waals surface area contributed by atoms with Crippen LogP contribution in [0.4, 0.5) is 0 Å². The van der Waals surface area contributed by atoms with Crippen LogP contribution >= 0.6 is 11.6 Å². The predicted molar refractivity (Wildman–Crippen MR) is 99.5 cm³/mol. The molecule has 0 spiro atoms. The van der Waals surface area contributed by atoms with Gasteiger partial charge in [0.2, 0.25) is 5.91 Å². The van der Waals surface area contributed by atoms with E-state index in [1.54, 1.807) is 6.07 Å². The van der Waals surface area contributed by atoms with Crippen molar-refractivity contribution in [3.05, 3.63) is 46.4 Å². The molecule has 0 saturated heterocycles. The van der Waals surface area contributed by atoms with E-state index in [1.165, 1.54) is 0 Å². The molecule has 1 fully saturated rings. The third-order valence-electron chi connectivity index (χ3n) is 4.57. The van der Waals surface area contributed by atoms with Crippen LogP contribution in [0.25, 0.3) is 10.9 Å². The Kier molecular flexibility index (Phi) is 4.57. The van der Waals surface area contributed by atoms with Crippen molar-refractivity contribution in [1.82, 2.24) is 15.5 Å². The molecule has 142 valence electrons. The molecular weight excluding hydrogens is 370 g/mol. The van der Waals surface area contributed by atoms with Crippen molar-refractivity contribution in [2.75, 3.05) is 0 Å². The lowest BCUT2D eigenvalue weighted by Crippen LogP contribution is -2.27. The number of nitrogens with one attached hydrogen (secondary N) is 2. The lowest BCUT2D eigenvalue weighted by atomic mass is 10.2. The Bertz CT molecular complexity index is 990. The number of aromatic nitrogens is 2. The Morgan fingerprint density at radius 3 is 2.93 bits per heavy atom. The molecule has 7 nitrogen and oxygen atoms in total. The van der Waals surface area contributed by atoms with Crippen LogP contribution in [0.3, 0.4) is 0 Å². The topological polar surface area (TPSA) is 100 Å². The second-order valence-electron chi connectivity index (χ2n) is 7.07. The van der Waals surface area contributed by atoms with Gasteiger partial charge in [0.1, 0.15) is 12.4 Å². The highest BCUT2D eigenvalue weighted by molar-refractivity contribution is 6.32. The largest absolute Gasteiger partial charge is 0.484 e. The summed E-state index contributed by atoms with van der Waals surface area (Å²) in [7, 11) is 0. The number of carbonyl (C=O) groups excluding carboxylic acids is 1. The number of aromatic amines is 1. The Morgan fingerprint density at radius 2 is 2.22 bits per heavy atom. The van der Waals surface area contributed by atoms with Gasteiger partial charge >= 0.3 is 0 Å². The number of benzene rings is 1.